The summed E-state index contributed by atoms with van der Waals surface area (Å²) in [6.07, 6.45) is 2.68. The number of nitrogens with zero attached hydrogens (tertiary/aromatic N) is 2. The molecule has 0 saturated carbocycles. The smallest absolute Gasteiger partial charge is 0.292 e. The molecule has 22 heavy (non-hydrogen) atoms. The minimum atomic E-state index is 0.387. The fraction of sp³-hybridized carbons (Fsp3) is 0.250. The zero-order chi connectivity index (χ0) is 14.9. The van der Waals surface area contributed by atoms with Gasteiger partial charge in [0.05, 0.1) is 12.8 Å². The van der Waals surface area contributed by atoms with Gasteiger partial charge in [-0.25, -0.2) is 0 Å². The third kappa shape index (κ3) is 2.51. The van der Waals surface area contributed by atoms with Gasteiger partial charge in [0.1, 0.15) is 6.54 Å². The standard InChI is InChI=1S/C16H15N3O2S/c22-16-19(17-15(21-16)14-6-3-9-20-14)11-18-8-7-12-4-1-2-5-13(12)10-18/h1-6,9H,7-8,10-11H2/p+1. The Morgan fingerprint density at radius 2 is 2.05 bits per heavy atom. The SMILES string of the molecule is S=c1oc(-c2ccco2)nn1C[NH+]1CCc2ccccc2C1. The van der Waals surface area contributed by atoms with E-state index in [0.29, 0.717) is 23.2 Å². The maximum Gasteiger partial charge on any atom is 0.292 e. The summed E-state index contributed by atoms with van der Waals surface area (Å²) < 4.78 is 12.6. The molecule has 5 nitrogen and oxygen atoms in total. The lowest BCUT2D eigenvalue weighted by Gasteiger charge is -2.25. The molecule has 6 heteroatoms. The number of aromatic nitrogens is 2. The van der Waals surface area contributed by atoms with Crippen LogP contribution < -0.4 is 4.90 Å². The van der Waals surface area contributed by atoms with Crippen molar-refractivity contribution in [1.29, 1.82) is 0 Å². The lowest BCUT2D eigenvalue weighted by Crippen LogP contribution is -3.11. The van der Waals surface area contributed by atoms with Gasteiger partial charge in [0.15, 0.2) is 12.4 Å². The molecule has 0 amide bonds. The summed E-state index contributed by atoms with van der Waals surface area (Å²) in [6.45, 7) is 2.76. The first-order valence-corrected chi connectivity index (χ1v) is 7.72. The summed E-state index contributed by atoms with van der Waals surface area (Å²) >= 11 is 5.27. The predicted molar refractivity (Wildman–Crippen MR) is 82.7 cm³/mol. The first-order chi connectivity index (χ1) is 10.8. The first-order valence-electron chi connectivity index (χ1n) is 7.32. The van der Waals surface area contributed by atoms with Crippen molar-refractivity contribution in [3.05, 3.63) is 58.6 Å². The highest BCUT2D eigenvalue weighted by Gasteiger charge is 2.21. The van der Waals surface area contributed by atoms with E-state index in [1.807, 2.05) is 6.07 Å². The molecule has 1 aliphatic heterocycles. The van der Waals surface area contributed by atoms with Crippen LogP contribution in [-0.4, -0.2) is 16.3 Å². The van der Waals surface area contributed by atoms with Crippen LogP contribution in [0.4, 0.5) is 0 Å². The Morgan fingerprint density at radius 3 is 2.86 bits per heavy atom. The van der Waals surface area contributed by atoms with E-state index in [2.05, 4.69) is 29.4 Å². The summed E-state index contributed by atoms with van der Waals surface area (Å²) in [5.41, 5.74) is 2.86. The fourth-order valence-corrected chi connectivity index (χ4v) is 3.08. The van der Waals surface area contributed by atoms with E-state index in [4.69, 9.17) is 21.1 Å². The molecule has 0 radical (unpaired) electrons. The number of rotatable bonds is 3. The van der Waals surface area contributed by atoms with E-state index < -0.39 is 0 Å². The zero-order valence-corrected chi connectivity index (χ0v) is 12.8. The molecule has 1 unspecified atom stereocenters. The number of hydrogen-bond donors (Lipinski definition) is 1. The molecule has 4 rings (SSSR count). The van der Waals surface area contributed by atoms with Crippen molar-refractivity contribution in [3.8, 4) is 11.7 Å². The third-order valence-electron chi connectivity index (χ3n) is 4.02. The van der Waals surface area contributed by atoms with Gasteiger partial charge < -0.3 is 13.7 Å². The average molecular weight is 314 g/mol. The first kappa shape index (κ1) is 13.5. The van der Waals surface area contributed by atoms with Crippen molar-refractivity contribution in [2.45, 2.75) is 19.6 Å². The molecule has 3 aromatic rings. The summed E-state index contributed by atoms with van der Waals surface area (Å²) in [5.74, 6) is 1.04. The van der Waals surface area contributed by atoms with E-state index in [9.17, 15) is 0 Å². The molecule has 1 aromatic carbocycles. The van der Waals surface area contributed by atoms with Gasteiger partial charge in [-0.1, -0.05) is 24.3 Å². The second-order valence-electron chi connectivity index (χ2n) is 5.50. The van der Waals surface area contributed by atoms with Crippen molar-refractivity contribution in [2.24, 2.45) is 0 Å². The topological polar surface area (TPSA) is 48.5 Å². The number of quaternary nitrogens is 1. The highest BCUT2D eigenvalue weighted by molar-refractivity contribution is 7.71. The van der Waals surface area contributed by atoms with Gasteiger partial charge >= 0.3 is 0 Å². The Bertz CT molecular complexity index is 835. The Labute approximate surface area is 132 Å². The molecule has 3 heterocycles. The van der Waals surface area contributed by atoms with Crippen LogP contribution in [0, 0.1) is 4.84 Å². The van der Waals surface area contributed by atoms with E-state index in [1.165, 1.54) is 16.0 Å². The normalized spacial score (nSPS) is 17.4. The number of furan rings is 1. The van der Waals surface area contributed by atoms with Crippen molar-refractivity contribution in [1.82, 2.24) is 9.78 Å². The van der Waals surface area contributed by atoms with Crippen molar-refractivity contribution in [3.63, 3.8) is 0 Å². The van der Waals surface area contributed by atoms with Crippen LogP contribution in [0.15, 0.2) is 51.5 Å². The lowest BCUT2D eigenvalue weighted by atomic mass is 10.0. The van der Waals surface area contributed by atoms with E-state index in [-0.39, 0.29) is 0 Å². The highest BCUT2D eigenvalue weighted by atomic mass is 32.1. The van der Waals surface area contributed by atoms with Gasteiger partial charge in [0, 0.05) is 12.0 Å². The summed E-state index contributed by atoms with van der Waals surface area (Å²) in [5, 5.41) is 4.43. The average Bonchev–Trinajstić information content (AvgIpc) is 3.18. The molecule has 1 N–H and O–H groups in total. The van der Waals surface area contributed by atoms with Crippen molar-refractivity contribution in [2.75, 3.05) is 6.54 Å². The van der Waals surface area contributed by atoms with Crippen LogP contribution in [-0.2, 0) is 19.6 Å². The van der Waals surface area contributed by atoms with E-state index in [0.717, 1.165) is 19.5 Å². The molecule has 1 atom stereocenters. The Kier molecular flexibility index (Phi) is 3.40. The number of hydrogen-bond acceptors (Lipinski definition) is 4. The second kappa shape index (κ2) is 5.55. The van der Waals surface area contributed by atoms with Crippen LogP contribution in [0.5, 0.6) is 0 Å². The van der Waals surface area contributed by atoms with E-state index >= 15 is 0 Å². The number of nitrogens with one attached hydrogen (secondary N) is 1. The fourth-order valence-electron chi connectivity index (χ4n) is 2.90. The predicted octanol–water partition coefficient (Wildman–Crippen LogP) is 2.06. The highest BCUT2D eigenvalue weighted by Crippen LogP contribution is 2.17. The van der Waals surface area contributed by atoms with Crippen LogP contribution in [0.1, 0.15) is 11.1 Å². The van der Waals surface area contributed by atoms with Crippen LogP contribution in [0.2, 0.25) is 0 Å². The van der Waals surface area contributed by atoms with E-state index in [1.54, 1.807) is 17.0 Å². The summed E-state index contributed by atoms with van der Waals surface area (Å²) in [6, 6.07) is 12.2. The zero-order valence-electron chi connectivity index (χ0n) is 12.0. The van der Waals surface area contributed by atoms with Gasteiger partial charge in [-0.05, 0) is 29.9 Å². The molecule has 0 fully saturated rings. The molecule has 0 spiro atoms. The molecule has 0 bridgehead atoms. The molecule has 112 valence electrons. The minimum absolute atomic E-state index is 0.387. The maximum absolute atomic E-state index is 5.53. The number of fused-ring (bicyclic) bond motifs is 1. The Balaban J connectivity index is 1.54. The Morgan fingerprint density at radius 1 is 1.18 bits per heavy atom. The van der Waals surface area contributed by atoms with Gasteiger partial charge in [-0.15, -0.1) is 5.10 Å². The van der Waals surface area contributed by atoms with Gasteiger partial charge in [0.25, 0.3) is 10.7 Å². The lowest BCUT2D eigenvalue weighted by molar-refractivity contribution is -0.939. The molecular formula is C16H16N3O2S+. The minimum Gasteiger partial charge on any atom is -0.459 e. The maximum atomic E-state index is 5.53. The van der Waals surface area contributed by atoms with Gasteiger partial charge in [-0.2, -0.15) is 4.68 Å². The second-order valence-corrected chi connectivity index (χ2v) is 5.85. The third-order valence-corrected chi connectivity index (χ3v) is 4.31. The molecule has 0 aliphatic carbocycles. The van der Waals surface area contributed by atoms with Gasteiger partial charge in [0.2, 0.25) is 0 Å². The van der Waals surface area contributed by atoms with Gasteiger partial charge in [-0.3, -0.25) is 0 Å². The summed E-state index contributed by atoms with van der Waals surface area (Å²) in [4.78, 5) is 1.81. The largest absolute Gasteiger partial charge is 0.459 e. The molecule has 0 saturated heterocycles. The van der Waals surface area contributed by atoms with Crippen LogP contribution in [0.3, 0.4) is 0 Å². The summed E-state index contributed by atoms with van der Waals surface area (Å²) in [7, 11) is 0. The number of benzene rings is 1. The molecular weight excluding hydrogens is 298 g/mol. The van der Waals surface area contributed by atoms with Crippen LogP contribution in [0.25, 0.3) is 11.7 Å². The Hall–Kier alpha value is -2.18. The molecule has 1 aliphatic rings. The van der Waals surface area contributed by atoms with Crippen LogP contribution >= 0.6 is 12.2 Å². The van der Waals surface area contributed by atoms with Crippen molar-refractivity contribution < 1.29 is 13.7 Å². The molecule has 2 aromatic heterocycles. The monoisotopic (exact) mass is 314 g/mol. The quantitative estimate of drug-likeness (QED) is 0.752. The van der Waals surface area contributed by atoms with Crippen molar-refractivity contribution >= 4 is 12.2 Å².